The monoisotopic (exact) mass is 350 g/mol. The summed E-state index contributed by atoms with van der Waals surface area (Å²) in [5, 5.41) is 1.18. The lowest BCUT2D eigenvalue weighted by atomic mass is 10.1. The van der Waals surface area contributed by atoms with Crippen molar-refractivity contribution in [2.75, 3.05) is 0 Å². The number of terminal acetylenes is 2. The molecule has 0 bridgehead atoms. The lowest BCUT2D eigenvalue weighted by Crippen LogP contribution is -2.38. The minimum absolute atomic E-state index is 0.671. The molecule has 0 radical (unpaired) electrons. The Morgan fingerprint density at radius 1 is 0.741 bits per heavy atom. The molecule has 0 aliphatic rings. The van der Waals surface area contributed by atoms with Gasteiger partial charge in [-0.2, -0.15) is 9.13 Å². The number of benzene rings is 1. The molecular formula is C25H22N2+2. The fraction of sp³-hybridized carbons (Fsp3) is 0.200. The summed E-state index contributed by atoms with van der Waals surface area (Å²) in [6, 6.07) is 18.5. The zero-order valence-corrected chi connectivity index (χ0v) is 15.4. The van der Waals surface area contributed by atoms with Gasteiger partial charge in [0.2, 0.25) is 5.52 Å². The lowest BCUT2D eigenvalue weighted by molar-refractivity contribution is -0.699. The molecule has 0 atom stereocenters. The molecule has 0 amide bonds. The minimum Gasteiger partial charge on any atom is -0.191 e. The van der Waals surface area contributed by atoms with Gasteiger partial charge in [0, 0.05) is 54.3 Å². The quantitative estimate of drug-likeness (QED) is 0.379. The summed E-state index contributed by atoms with van der Waals surface area (Å²) in [6.45, 7) is 1.61. The van der Waals surface area contributed by atoms with E-state index >= 15 is 0 Å². The van der Waals surface area contributed by atoms with E-state index in [2.05, 4.69) is 57.1 Å². The Hall–Kier alpha value is -3.54. The highest BCUT2D eigenvalue weighted by atomic mass is 15.0. The number of aromatic nitrogens is 2. The third-order valence-corrected chi connectivity index (χ3v) is 4.40. The molecule has 2 heterocycles. The van der Waals surface area contributed by atoms with Crippen LogP contribution in [0.3, 0.4) is 0 Å². The zero-order valence-electron chi connectivity index (χ0n) is 15.4. The molecule has 2 aromatic heterocycles. The van der Waals surface area contributed by atoms with Crippen LogP contribution < -0.4 is 9.13 Å². The first-order chi connectivity index (χ1) is 13.3. The molecule has 0 fully saturated rings. The van der Waals surface area contributed by atoms with Crippen LogP contribution in [-0.4, -0.2) is 0 Å². The van der Waals surface area contributed by atoms with Gasteiger partial charge in [0.05, 0.1) is 6.42 Å². The first-order valence-electron chi connectivity index (χ1n) is 9.12. The second-order valence-corrected chi connectivity index (χ2v) is 6.22. The summed E-state index contributed by atoms with van der Waals surface area (Å²) in [5.74, 6) is 12.1. The summed E-state index contributed by atoms with van der Waals surface area (Å²) in [7, 11) is 0. The van der Waals surface area contributed by atoms with Crippen molar-refractivity contribution in [2.24, 2.45) is 0 Å². The van der Waals surface area contributed by atoms with Gasteiger partial charge in [-0.15, -0.1) is 24.7 Å². The largest absolute Gasteiger partial charge is 0.257 e. The third-order valence-electron chi connectivity index (χ3n) is 4.40. The number of fused-ring (bicyclic) bond motifs is 1. The summed E-state index contributed by atoms with van der Waals surface area (Å²) in [4.78, 5) is 0. The van der Waals surface area contributed by atoms with Crippen LogP contribution in [0.15, 0.2) is 60.8 Å². The van der Waals surface area contributed by atoms with Gasteiger partial charge in [-0.1, -0.05) is 12.1 Å². The second kappa shape index (κ2) is 9.24. The predicted molar refractivity (Wildman–Crippen MR) is 108 cm³/mol. The first-order valence-corrected chi connectivity index (χ1v) is 9.12. The Kier molecular flexibility index (Phi) is 6.25. The number of hydrogen-bond acceptors (Lipinski definition) is 0. The van der Waals surface area contributed by atoms with E-state index < -0.39 is 0 Å². The number of unbranched alkanes of at least 4 members (excludes halogenated alkanes) is 1. The number of pyridine rings is 2. The Morgan fingerprint density at radius 2 is 1.52 bits per heavy atom. The van der Waals surface area contributed by atoms with Crippen molar-refractivity contribution in [3.05, 3.63) is 72.2 Å². The van der Waals surface area contributed by atoms with Gasteiger partial charge in [-0.25, -0.2) is 0 Å². The van der Waals surface area contributed by atoms with Crippen molar-refractivity contribution < 1.29 is 9.13 Å². The van der Waals surface area contributed by atoms with Crippen molar-refractivity contribution in [3.63, 3.8) is 0 Å². The number of aryl methyl sites for hydroxylation is 2. The van der Waals surface area contributed by atoms with Crippen LogP contribution in [0.25, 0.3) is 10.9 Å². The van der Waals surface area contributed by atoms with Gasteiger partial charge in [0.25, 0.3) is 11.4 Å². The summed E-state index contributed by atoms with van der Waals surface area (Å²) in [5.41, 5.74) is 3.09. The lowest BCUT2D eigenvalue weighted by Gasteiger charge is -2.02. The molecule has 0 unspecified atom stereocenters. The molecule has 3 aromatic rings. The van der Waals surface area contributed by atoms with Crippen LogP contribution in [0.1, 0.15) is 30.7 Å². The van der Waals surface area contributed by atoms with E-state index in [9.17, 15) is 0 Å². The van der Waals surface area contributed by atoms with E-state index in [4.69, 9.17) is 12.8 Å². The van der Waals surface area contributed by atoms with Gasteiger partial charge >= 0.3 is 0 Å². The number of para-hydroxylation sites is 1. The Bertz CT molecular complexity index is 1080. The highest BCUT2D eigenvalue weighted by molar-refractivity contribution is 5.75. The van der Waals surface area contributed by atoms with Crippen LogP contribution in [0.4, 0.5) is 0 Å². The van der Waals surface area contributed by atoms with Gasteiger partial charge in [-0.3, -0.25) is 0 Å². The third kappa shape index (κ3) is 4.55. The fourth-order valence-electron chi connectivity index (χ4n) is 3.05. The van der Waals surface area contributed by atoms with Crippen LogP contribution in [0.2, 0.25) is 0 Å². The standard InChI is InChI=1S/C25H22N2/c1-3-5-10-19-26-20-11-9-13-23(26)17-18-24-16-15-22-12-7-8-14-25(22)27(24)21-6-4-2/h1-2,7-9,11-16,20H,5-6,10,19,21H2/q+2. The molecule has 0 saturated carbocycles. The van der Waals surface area contributed by atoms with Crippen molar-refractivity contribution in [1.82, 2.24) is 0 Å². The molecule has 1 aromatic carbocycles. The smallest absolute Gasteiger partial charge is 0.191 e. The van der Waals surface area contributed by atoms with Gasteiger partial charge < -0.3 is 0 Å². The molecule has 27 heavy (non-hydrogen) atoms. The van der Waals surface area contributed by atoms with Crippen molar-refractivity contribution in [1.29, 1.82) is 0 Å². The predicted octanol–water partition coefficient (Wildman–Crippen LogP) is 3.25. The number of hydrogen-bond donors (Lipinski definition) is 0. The van der Waals surface area contributed by atoms with E-state index in [1.165, 1.54) is 5.39 Å². The normalized spacial score (nSPS) is 9.85. The average Bonchev–Trinajstić information content (AvgIpc) is 2.72. The maximum absolute atomic E-state index is 5.50. The Morgan fingerprint density at radius 3 is 2.37 bits per heavy atom. The maximum Gasteiger partial charge on any atom is 0.257 e. The van der Waals surface area contributed by atoms with Gasteiger partial charge in [0.15, 0.2) is 19.3 Å². The molecular weight excluding hydrogens is 328 g/mol. The minimum atomic E-state index is 0.671. The second-order valence-electron chi connectivity index (χ2n) is 6.22. The number of nitrogens with zero attached hydrogens (tertiary/aromatic N) is 2. The van der Waals surface area contributed by atoms with Gasteiger partial charge in [0.1, 0.15) is 0 Å². The van der Waals surface area contributed by atoms with E-state index in [-0.39, 0.29) is 0 Å². The maximum atomic E-state index is 5.50. The Balaban J connectivity index is 1.99. The molecule has 3 rings (SSSR count). The highest BCUT2D eigenvalue weighted by Crippen LogP contribution is 2.10. The summed E-state index contributed by atoms with van der Waals surface area (Å²) >= 11 is 0. The van der Waals surface area contributed by atoms with Crippen LogP contribution in [-0.2, 0) is 13.1 Å². The fourth-order valence-corrected chi connectivity index (χ4v) is 3.05. The van der Waals surface area contributed by atoms with Crippen LogP contribution >= 0.6 is 0 Å². The van der Waals surface area contributed by atoms with Crippen molar-refractivity contribution in [3.8, 4) is 36.5 Å². The summed E-state index contributed by atoms with van der Waals surface area (Å²) < 4.78 is 4.35. The molecule has 2 heteroatoms. The molecule has 2 nitrogen and oxygen atoms in total. The highest BCUT2D eigenvalue weighted by Gasteiger charge is 2.14. The zero-order chi connectivity index (χ0) is 18.9. The molecule has 0 aliphatic heterocycles. The van der Waals surface area contributed by atoms with Gasteiger partial charge in [-0.05, 0) is 18.2 Å². The first kappa shape index (κ1) is 18.3. The van der Waals surface area contributed by atoms with Crippen molar-refractivity contribution >= 4 is 10.9 Å². The molecule has 0 spiro atoms. The molecule has 0 N–H and O–H groups in total. The molecule has 130 valence electrons. The number of rotatable bonds is 5. The average molecular weight is 350 g/mol. The summed E-state index contributed by atoms with van der Waals surface area (Å²) in [6.07, 6.45) is 15.3. The topological polar surface area (TPSA) is 7.76 Å². The van der Waals surface area contributed by atoms with E-state index in [0.29, 0.717) is 6.42 Å². The molecule has 0 saturated heterocycles. The van der Waals surface area contributed by atoms with E-state index in [1.54, 1.807) is 0 Å². The van der Waals surface area contributed by atoms with E-state index in [1.807, 2.05) is 36.5 Å². The van der Waals surface area contributed by atoms with Crippen molar-refractivity contribution in [2.45, 2.75) is 32.4 Å². The SMILES string of the molecule is C#CCCC[n+]1ccccc1C#Cc1ccc2ccccc2[n+]1CCC#C. The van der Waals surface area contributed by atoms with E-state index in [0.717, 1.165) is 42.8 Å². The Labute approximate surface area is 161 Å². The van der Waals surface area contributed by atoms with Crippen LogP contribution in [0.5, 0.6) is 0 Å². The molecule has 0 aliphatic carbocycles. The van der Waals surface area contributed by atoms with Crippen LogP contribution in [0, 0.1) is 36.5 Å².